The van der Waals surface area contributed by atoms with Gasteiger partial charge in [-0.2, -0.15) is 0 Å². The SMILES string of the molecule is NNCc1ccccc1-c1ccc2cc(C(=O)O)[nH]c2c1. The number of carbonyl (C=O) groups is 1. The molecule has 0 amide bonds. The topological polar surface area (TPSA) is 91.1 Å². The Labute approximate surface area is 121 Å². The fourth-order valence-corrected chi connectivity index (χ4v) is 2.48. The van der Waals surface area contributed by atoms with Crippen LogP contribution in [0.2, 0.25) is 0 Å². The standard InChI is InChI=1S/C16H15N3O2/c17-18-9-12-3-1-2-4-13(12)10-5-6-11-8-15(16(20)21)19-14(11)7-10/h1-8,18-19H,9,17H2,(H,20,21). The Bertz CT molecular complexity index is 808. The second kappa shape index (κ2) is 5.40. The first-order chi connectivity index (χ1) is 10.2. The van der Waals surface area contributed by atoms with Crippen LogP contribution >= 0.6 is 0 Å². The lowest BCUT2D eigenvalue weighted by atomic mass is 9.99. The zero-order valence-electron chi connectivity index (χ0n) is 11.3. The third kappa shape index (κ3) is 2.52. The van der Waals surface area contributed by atoms with Gasteiger partial charge in [-0.3, -0.25) is 11.3 Å². The van der Waals surface area contributed by atoms with Crippen LogP contribution in [-0.4, -0.2) is 16.1 Å². The van der Waals surface area contributed by atoms with Gasteiger partial charge in [-0.15, -0.1) is 0 Å². The molecule has 0 saturated carbocycles. The second-order valence-electron chi connectivity index (χ2n) is 4.83. The molecule has 0 aliphatic carbocycles. The molecule has 1 aromatic heterocycles. The first-order valence-corrected chi connectivity index (χ1v) is 6.57. The Morgan fingerprint density at radius 2 is 2.00 bits per heavy atom. The number of rotatable bonds is 4. The lowest BCUT2D eigenvalue weighted by Crippen LogP contribution is -2.21. The molecule has 5 heteroatoms. The Hall–Kier alpha value is -2.63. The zero-order valence-corrected chi connectivity index (χ0v) is 11.3. The van der Waals surface area contributed by atoms with Gasteiger partial charge in [0.25, 0.3) is 0 Å². The summed E-state index contributed by atoms with van der Waals surface area (Å²) in [4.78, 5) is 13.9. The fraction of sp³-hybridized carbons (Fsp3) is 0.0625. The van der Waals surface area contributed by atoms with Crippen molar-refractivity contribution in [2.45, 2.75) is 6.54 Å². The molecule has 0 radical (unpaired) electrons. The molecule has 0 unspecified atom stereocenters. The number of H-pyrrole nitrogens is 1. The molecule has 3 rings (SSSR count). The van der Waals surface area contributed by atoms with Gasteiger partial charge in [0.1, 0.15) is 5.69 Å². The molecule has 0 aliphatic rings. The first kappa shape index (κ1) is 13.4. The summed E-state index contributed by atoms with van der Waals surface area (Å²) < 4.78 is 0. The van der Waals surface area contributed by atoms with Gasteiger partial charge < -0.3 is 10.1 Å². The molecular formula is C16H15N3O2. The molecule has 0 atom stereocenters. The van der Waals surface area contributed by atoms with Gasteiger partial charge in [-0.05, 0) is 28.8 Å². The van der Waals surface area contributed by atoms with Crippen LogP contribution in [0.5, 0.6) is 0 Å². The van der Waals surface area contributed by atoms with Crippen LogP contribution in [0.25, 0.3) is 22.0 Å². The van der Waals surface area contributed by atoms with Gasteiger partial charge in [-0.25, -0.2) is 4.79 Å². The van der Waals surface area contributed by atoms with Gasteiger partial charge >= 0.3 is 5.97 Å². The van der Waals surface area contributed by atoms with Crippen molar-refractivity contribution in [3.05, 3.63) is 59.8 Å². The highest BCUT2D eigenvalue weighted by Gasteiger charge is 2.09. The zero-order chi connectivity index (χ0) is 14.8. The third-order valence-corrected chi connectivity index (χ3v) is 3.47. The summed E-state index contributed by atoms with van der Waals surface area (Å²) in [6.45, 7) is 0.569. The molecule has 5 N–H and O–H groups in total. The third-order valence-electron chi connectivity index (χ3n) is 3.47. The quantitative estimate of drug-likeness (QED) is 0.437. The highest BCUT2D eigenvalue weighted by Crippen LogP contribution is 2.27. The van der Waals surface area contributed by atoms with E-state index in [2.05, 4.69) is 10.4 Å². The van der Waals surface area contributed by atoms with Crippen LogP contribution in [0.15, 0.2) is 48.5 Å². The first-order valence-electron chi connectivity index (χ1n) is 6.57. The van der Waals surface area contributed by atoms with Crippen molar-refractivity contribution in [1.29, 1.82) is 0 Å². The number of hydrazine groups is 1. The van der Waals surface area contributed by atoms with Gasteiger partial charge in [-0.1, -0.05) is 36.4 Å². The number of aromatic amines is 1. The summed E-state index contributed by atoms with van der Waals surface area (Å²) >= 11 is 0. The monoisotopic (exact) mass is 281 g/mol. The van der Waals surface area contributed by atoms with Crippen molar-refractivity contribution in [3.63, 3.8) is 0 Å². The van der Waals surface area contributed by atoms with E-state index in [-0.39, 0.29) is 5.69 Å². The van der Waals surface area contributed by atoms with E-state index in [1.807, 2.05) is 42.5 Å². The van der Waals surface area contributed by atoms with Gasteiger partial charge in [0, 0.05) is 17.4 Å². The highest BCUT2D eigenvalue weighted by molar-refractivity contribution is 5.95. The molecule has 1 heterocycles. The smallest absolute Gasteiger partial charge is 0.352 e. The Morgan fingerprint density at radius 3 is 2.76 bits per heavy atom. The largest absolute Gasteiger partial charge is 0.477 e. The lowest BCUT2D eigenvalue weighted by molar-refractivity contribution is 0.0691. The van der Waals surface area contributed by atoms with Crippen molar-refractivity contribution in [2.75, 3.05) is 0 Å². The van der Waals surface area contributed by atoms with Crippen molar-refractivity contribution in [2.24, 2.45) is 5.84 Å². The summed E-state index contributed by atoms with van der Waals surface area (Å²) in [5.74, 6) is 4.46. The number of fused-ring (bicyclic) bond motifs is 1. The van der Waals surface area contributed by atoms with Gasteiger partial charge in [0.15, 0.2) is 0 Å². The molecule has 0 spiro atoms. The number of hydrogen-bond acceptors (Lipinski definition) is 3. The fourth-order valence-electron chi connectivity index (χ4n) is 2.48. The predicted molar refractivity (Wildman–Crippen MR) is 81.7 cm³/mol. The van der Waals surface area contributed by atoms with Gasteiger partial charge in [0.2, 0.25) is 0 Å². The van der Waals surface area contributed by atoms with E-state index in [1.54, 1.807) is 6.07 Å². The van der Waals surface area contributed by atoms with E-state index in [1.165, 1.54) is 0 Å². The summed E-state index contributed by atoms with van der Waals surface area (Å²) in [7, 11) is 0. The number of nitrogens with two attached hydrogens (primary N) is 1. The van der Waals surface area contributed by atoms with E-state index in [0.717, 1.165) is 27.6 Å². The molecule has 0 fully saturated rings. The van der Waals surface area contributed by atoms with E-state index in [0.29, 0.717) is 6.54 Å². The van der Waals surface area contributed by atoms with Crippen LogP contribution in [-0.2, 0) is 6.54 Å². The molecule has 106 valence electrons. The van der Waals surface area contributed by atoms with E-state index < -0.39 is 5.97 Å². The molecule has 5 nitrogen and oxygen atoms in total. The predicted octanol–water partition coefficient (Wildman–Crippen LogP) is 2.50. The number of hydrogen-bond donors (Lipinski definition) is 4. The normalized spacial score (nSPS) is 10.9. The van der Waals surface area contributed by atoms with Crippen molar-refractivity contribution >= 4 is 16.9 Å². The van der Waals surface area contributed by atoms with Crippen LogP contribution in [0.3, 0.4) is 0 Å². The molecule has 2 aromatic carbocycles. The Morgan fingerprint density at radius 1 is 1.19 bits per heavy atom. The lowest BCUT2D eigenvalue weighted by Gasteiger charge is -2.09. The molecule has 0 saturated heterocycles. The maximum atomic E-state index is 11.0. The van der Waals surface area contributed by atoms with E-state index >= 15 is 0 Å². The number of benzene rings is 2. The second-order valence-corrected chi connectivity index (χ2v) is 4.83. The summed E-state index contributed by atoms with van der Waals surface area (Å²) in [5.41, 5.74) is 6.85. The molecule has 0 aliphatic heterocycles. The van der Waals surface area contributed by atoms with E-state index in [9.17, 15) is 4.79 Å². The number of carboxylic acids is 1. The number of carboxylic acid groups (broad SMARTS) is 1. The minimum Gasteiger partial charge on any atom is -0.477 e. The van der Waals surface area contributed by atoms with Crippen LogP contribution in [0.1, 0.15) is 16.1 Å². The number of nitrogens with one attached hydrogen (secondary N) is 2. The average molecular weight is 281 g/mol. The molecular weight excluding hydrogens is 266 g/mol. The molecule has 3 aromatic rings. The minimum atomic E-state index is -0.958. The minimum absolute atomic E-state index is 0.194. The van der Waals surface area contributed by atoms with Gasteiger partial charge in [0.05, 0.1) is 0 Å². The van der Waals surface area contributed by atoms with Crippen molar-refractivity contribution in [3.8, 4) is 11.1 Å². The van der Waals surface area contributed by atoms with Crippen LogP contribution in [0, 0.1) is 0 Å². The average Bonchev–Trinajstić information content (AvgIpc) is 2.91. The van der Waals surface area contributed by atoms with Crippen molar-refractivity contribution < 1.29 is 9.90 Å². The number of aromatic carboxylic acids is 1. The maximum absolute atomic E-state index is 11.0. The Balaban J connectivity index is 2.10. The summed E-state index contributed by atoms with van der Waals surface area (Å²) in [6, 6.07) is 15.5. The maximum Gasteiger partial charge on any atom is 0.352 e. The summed E-state index contributed by atoms with van der Waals surface area (Å²) in [5, 5.41) is 9.91. The number of aromatic nitrogens is 1. The highest BCUT2D eigenvalue weighted by atomic mass is 16.4. The Kier molecular flexibility index (Phi) is 3.43. The summed E-state index contributed by atoms with van der Waals surface area (Å²) in [6.07, 6.45) is 0. The molecule has 0 bridgehead atoms. The van der Waals surface area contributed by atoms with Crippen molar-refractivity contribution in [1.82, 2.24) is 10.4 Å². The van der Waals surface area contributed by atoms with Crippen LogP contribution in [0.4, 0.5) is 0 Å². The molecule has 21 heavy (non-hydrogen) atoms. The van der Waals surface area contributed by atoms with Crippen LogP contribution < -0.4 is 11.3 Å². The van der Waals surface area contributed by atoms with E-state index in [4.69, 9.17) is 10.9 Å².